The molecular formula is C15H23Cl2N5O. The minimum atomic E-state index is -0.351. The molecule has 0 bridgehead atoms. The topological polar surface area (TPSA) is 85.8 Å². The van der Waals surface area contributed by atoms with Crippen LogP contribution in [0.2, 0.25) is 0 Å². The van der Waals surface area contributed by atoms with Gasteiger partial charge in [-0.05, 0) is 25.0 Å². The summed E-state index contributed by atoms with van der Waals surface area (Å²) in [5.74, 6) is 0.514. The predicted octanol–water partition coefficient (Wildman–Crippen LogP) is 2.36. The summed E-state index contributed by atoms with van der Waals surface area (Å²) < 4.78 is 1.75. The first-order valence-corrected chi connectivity index (χ1v) is 7.09. The van der Waals surface area contributed by atoms with Gasteiger partial charge in [-0.15, -0.1) is 24.8 Å². The lowest BCUT2D eigenvalue weighted by molar-refractivity contribution is 0.0942. The van der Waals surface area contributed by atoms with Gasteiger partial charge in [0.15, 0.2) is 0 Å². The van der Waals surface area contributed by atoms with E-state index in [9.17, 15) is 4.79 Å². The molecule has 0 aliphatic heterocycles. The van der Waals surface area contributed by atoms with E-state index >= 15 is 0 Å². The molecule has 6 nitrogen and oxygen atoms in total. The van der Waals surface area contributed by atoms with E-state index in [1.807, 2.05) is 13.8 Å². The predicted molar refractivity (Wildman–Crippen MR) is 95.7 cm³/mol. The number of imidazole rings is 1. The van der Waals surface area contributed by atoms with E-state index in [-0.39, 0.29) is 36.3 Å². The molecule has 2 aromatic rings. The van der Waals surface area contributed by atoms with Gasteiger partial charge in [-0.25, -0.2) is 9.97 Å². The van der Waals surface area contributed by atoms with Gasteiger partial charge in [-0.1, -0.05) is 13.8 Å². The number of halogens is 2. The number of aromatic nitrogens is 3. The molecule has 1 amide bonds. The van der Waals surface area contributed by atoms with Crippen molar-refractivity contribution in [1.29, 1.82) is 0 Å². The molecule has 0 spiro atoms. The standard InChI is InChI=1S/C15H21N5O.2ClH/c1-3-15(16,4-2)10-19-14(21)12-5-6-18-13(9-12)20-8-7-17-11-20;;/h5-9,11H,3-4,10,16H2,1-2H3,(H,19,21);2*1H. The maximum atomic E-state index is 12.2. The van der Waals surface area contributed by atoms with E-state index in [4.69, 9.17) is 5.73 Å². The lowest BCUT2D eigenvalue weighted by Crippen LogP contribution is -2.49. The summed E-state index contributed by atoms with van der Waals surface area (Å²) >= 11 is 0. The van der Waals surface area contributed by atoms with Gasteiger partial charge in [-0.3, -0.25) is 9.36 Å². The number of nitrogens with two attached hydrogens (primary N) is 1. The second-order valence-corrected chi connectivity index (χ2v) is 5.12. The van der Waals surface area contributed by atoms with Crippen LogP contribution in [0.1, 0.15) is 37.0 Å². The molecule has 23 heavy (non-hydrogen) atoms. The summed E-state index contributed by atoms with van der Waals surface area (Å²) in [5.41, 5.74) is 6.40. The van der Waals surface area contributed by atoms with Gasteiger partial charge in [0.05, 0.1) is 0 Å². The number of carbonyl (C=O) groups is 1. The number of amides is 1. The molecule has 3 N–H and O–H groups in total. The molecular weight excluding hydrogens is 337 g/mol. The van der Waals surface area contributed by atoms with Gasteiger partial charge in [-0.2, -0.15) is 0 Å². The molecule has 0 saturated carbocycles. The zero-order valence-electron chi connectivity index (χ0n) is 13.2. The summed E-state index contributed by atoms with van der Waals surface area (Å²) in [5, 5.41) is 2.90. The second-order valence-electron chi connectivity index (χ2n) is 5.12. The van der Waals surface area contributed by atoms with Gasteiger partial charge < -0.3 is 11.1 Å². The highest BCUT2D eigenvalue weighted by atomic mass is 35.5. The fourth-order valence-electron chi connectivity index (χ4n) is 1.95. The minimum Gasteiger partial charge on any atom is -0.350 e. The summed E-state index contributed by atoms with van der Waals surface area (Å²) in [6.45, 7) is 4.51. The molecule has 128 valence electrons. The van der Waals surface area contributed by atoms with E-state index in [1.165, 1.54) is 0 Å². The number of rotatable bonds is 6. The first kappa shape index (κ1) is 21.4. The second kappa shape index (κ2) is 9.50. The van der Waals surface area contributed by atoms with Crippen molar-refractivity contribution < 1.29 is 4.79 Å². The maximum absolute atomic E-state index is 12.2. The van der Waals surface area contributed by atoms with Gasteiger partial charge in [0.1, 0.15) is 12.1 Å². The Balaban J connectivity index is 0.00000242. The Kier molecular flexibility index (Phi) is 8.82. The van der Waals surface area contributed by atoms with E-state index < -0.39 is 0 Å². The van der Waals surface area contributed by atoms with Crippen LogP contribution in [0.4, 0.5) is 0 Å². The third-order valence-electron chi connectivity index (χ3n) is 3.79. The molecule has 0 atom stereocenters. The fraction of sp³-hybridized carbons (Fsp3) is 0.400. The van der Waals surface area contributed by atoms with Gasteiger partial charge in [0, 0.05) is 36.2 Å². The Morgan fingerprint density at radius 3 is 2.57 bits per heavy atom. The highest BCUT2D eigenvalue weighted by molar-refractivity contribution is 5.94. The van der Waals surface area contributed by atoms with Crippen molar-refractivity contribution in [1.82, 2.24) is 19.9 Å². The number of carbonyl (C=O) groups excluding carboxylic acids is 1. The quantitative estimate of drug-likeness (QED) is 0.828. The van der Waals surface area contributed by atoms with Crippen molar-refractivity contribution in [3.63, 3.8) is 0 Å². The summed E-state index contributed by atoms with van der Waals surface area (Å²) in [6.07, 6.45) is 8.34. The molecule has 0 aliphatic rings. The number of pyridine rings is 1. The van der Waals surface area contributed by atoms with Crippen molar-refractivity contribution in [2.24, 2.45) is 5.73 Å². The van der Waals surface area contributed by atoms with Crippen LogP contribution >= 0.6 is 24.8 Å². The lowest BCUT2D eigenvalue weighted by atomic mass is 9.94. The first-order chi connectivity index (χ1) is 10.1. The third-order valence-corrected chi connectivity index (χ3v) is 3.79. The number of nitrogens with zero attached hydrogens (tertiary/aromatic N) is 3. The van der Waals surface area contributed by atoms with Crippen molar-refractivity contribution in [3.05, 3.63) is 42.6 Å². The molecule has 0 fully saturated rings. The Labute approximate surface area is 148 Å². The zero-order valence-corrected chi connectivity index (χ0v) is 14.9. The summed E-state index contributed by atoms with van der Waals surface area (Å²) in [7, 11) is 0. The average Bonchev–Trinajstić information content (AvgIpc) is 3.07. The number of hydrogen-bond acceptors (Lipinski definition) is 4. The SMILES string of the molecule is CCC(N)(CC)CNC(=O)c1ccnc(-n2ccnc2)c1.Cl.Cl. The summed E-state index contributed by atoms with van der Waals surface area (Å²) in [4.78, 5) is 20.4. The average molecular weight is 360 g/mol. The monoisotopic (exact) mass is 359 g/mol. The van der Waals surface area contributed by atoms with Crippen molar-refractivity contribution in [2.45, 2.75) is 32.2 Å². The zero-order chi connectivity index (χ0) is 15.3. The molecule has 2 heterocycles. The molecule has 0 saturated heterocycles. The fourth-order valence-corrected chi connectivity index (χ4v) is 1.95. The number of nitrogens with one attached hydrogen (secondary N) is 1. The molecule has 2 rings (SSSR count). The van der Waals surface area contributed by atoms with Crippen LogP contribution < -0.4 is 11.1 Å². The van der Waals surface area contributed by atoms with Crippen LogP contribution in [0.5, 0.6) is 0 Å². The third kappa shape index (κ3) is 5.49. The molecule has 2 aromatic heterocycles. The summed E-state index contributed by atoms with van der Waals surface area (Å²) in [6, 6.07) is 3.42. The van der Waals surface area contributed by atoms with Crippen molar-refractivity contribution in [3.8, 4) is 5.82 Å². The molecule has 8 heteroatoms. The first-order valence-electron chi connectivity index (χ1n) is 7.09. The van der Waals surface area contributed by atoms with E-state index in [0.717, 1.165) is 12.8 Å². The van der Waals surface area contributed by atoms with E-state index in [0.29, 0.717) is 17.9 Å². The van der Waals surface area contributed by atoms with Crippen molar-refractivity contribution >= 4 is 30.7 Å². The van der Waals surface area contributed by atoms with Gasteiger partial charge in [0.25, 0.3) is 5.91 Å². The highest BCUT2D eigenvalue weighted by Gasteiger charge is 2.21. The van der Waals surface area contributed by atoms with Crippen LogP contribution in [0.25, 0.3) is 5.82 Å². The smallest absolute Gasteiger partial charge is 0.251 e. The van der Waals surface area contributed by atoms with Crippen LogP contribution in [0, 0.1) is 0 Å². The Morgan fingerprint density at radius 1 is 1.30 bits per heavy atom. The Morgan fingerprint density at radius 2 is 2.00 bits per heavy atom. The minimum absolute atomic E-state index is 0. The van der Waals surface area contributed by atoms with Gasteiger partial charge >= 0.3 is 0 Å². The molecule has 0 unspecified atom stereocenters. The molecule has 0 aliphatic carbocycles. The lowest BCUT2D eigenvalue weighted by Gasteiger charge is -2.26. The molecule has 0 aromatic carbocycles. The van der Waals surface area contributed by atoms with Crippen LogP contribution in [0.15, 0.2) is 37.1 Å². The van der Waals surface area contributed by atoms with Crippen LogP contribution in [-0.4, -0.2) is 32.5 Å². The maximum Gasteiger partial charge on any atom is 0.251 e. The Bertz CT molecular complexity index is 600. The van der Waals surface area contributed by atoms with Crippen LogP contribution in [-0.2, 0) is 0 Å². The van der Waals surface area contributed by atoms with E-state index in [2.05, 4.69) is 15.3 Å². The normalized spacial score (nSPS) is 10.4. The van der Waals surface area contributed by atoms with Gasteiger partial charge in [0.2, 0.25) is 0 Å². The van der Waals surface area contributed by atoms with Crippen molar-refractivity contribution in [2.75, 3.05) is 6.54 Å². The number of hydrogen-bond donors (Lipinski definition) is 2. The largest absolute Gasteiger partial charge is 0.350 e. The highest BCUT2D eigenvalue weighted by Crippen LogP contribution is 2.11. The molecule has 0 radical (unpaired) electrons. The van der Waals surface area contributed by atoms with Crippen LogP contribution in [0.3, 0.4) is 0 Å². The Hall–Kier alpha value is -1.63. The van der Waals surface area contributed by atoms with E-state index in [1.54, 1.807) is 41.6 Å².